The van der Waals surface area contributed by atoms with Crippen LogP contribution < -0.4 is 0 Å². The maximum absolute atomic E-state index is 5.12. The maximum Gasteiger partial charge on any atom is 0.0715 e. The predicted molar refractivity (Wildman–Crippen MR) is 51.2 cm³/mol. The second-order valence-corrected chi connectivity index (χ2v) is 3.29. The molecule has 0 spiro atoms. The molecule has 0 aliphatic rings. The van der Waals surface area contributed by atoms with Gasteiger partial charge in [0.05, 0.1) is 6.61 Å². The molecular weight excluding hydrogens is 148 g/mol. The van der Waals surface area contributed by atoms with E-state index in [1.165, 1.54) is 11.1 Å². The van der Waals surface area contributed by atoms with Gasteiger partial charge in [-0.2, -0.15) is 0 Å². The van der Waals surface area contributed by atoms with Gasteiger partial charge in [0.15, 0.2) is 0 Å². The van der Waals surface area contributed by atoms with E-state index in [2.05, 4.69) is 38.1 Å². The molecule has 12 heavy (non-hydrogen) atoms. The van der Waals surface area contributed by atoms with Crippen LogP contribution in [-0.4, -0.2) is 7.11 Å². The topological polar surface area (TPSA) is 9.23 Å². The molecule has 0 bridgehead atoms. The van der Waals surface area contributed by atoms with Crippen molar-refractivity contribution in [3.05, 3.63) is 35.4 Å². The average molecular weight is 164 g/mol. The average Bonchev–Trinajstić information content (AvgIpc) is 2.05. The van der Waals surface area contributed by atoms with Crippen molar-refractivity contribution < 1.29 is 4.74 Å². The fourth-order valence-corrected chi connectivity index (χ4v) is 1.38. The van der Waals surface area contributed by atoms with Crippen LogP contribution in [0.3, 0.4) is 0 Å². The summed E-state index contributed by atoms with van der Waals surface area (Å²) in [5, 5.41) is 0. The van der Waals surface area contributed by atoms with Gasteiger partial charge in [0.1, 0.15) is 0 Å². The van der Waals surface area contributed by atoms with Crippen LogP contribution in [0.15, 0.2) is 24.3 Å². The highest BCUT2D eigenvalue weighted by molar-refractivity contribution is 5.28. The summed E-state index contributed by atoms with van der Waals surface area (Å²) in [6.45, 7) is 5.12. The summed E-state index contributed by atoms with van der Waals surface area (Å²) in [6.07, 6.45) is 0. The van der Waals surface area contributed by atoms with Crippen LogP contribution in [0.1, 0.15) is 30.9 Å². The summed E-state index contributed by atoms with van der Waals surface area (Å²) in [5.41, 5.74) is 2.69. The Kier molecular flexibility index (Phi) is 3.30. The Morgan fingerprint density at radius 2 is 1.92 bits per heavy atom. The van der Waals surface area contributed by atoms with Crippen molar-refractivity contribution in [2.75, 3.05) is 7.11 Å². The molecule has 1 aromatic carbocycles. The highest BCUT2D eigenvalue weighted by Crippen LogP contribution is 2.19. The van der Waals surface area contributed by atoms with Gasteiger partial charge in [-0.15, -0.1) is 0 Å². The Bertz CT molecular complexity index is 241. The van der Waals surface area contributed by atoms with Gasteiger partial charge >= 0.3 is 0 Å². The first-order valence-corrected chi connectivity index (χ1v) is 4.32. The van der Waals surface area contributed by atoms with E-state index in [0.29, 0.717) is 12.5 Å². The van der Waals surface area contributed by atoms with Crippen LogP contribution in [0.2, 0.25) is 0 Å². The molecule has 0 N–H and O–H groups in total. The van der Waals surface area contributed by atoms with Crippen LogP contribution in [0, 0.1) is 0 Å². The summed E-state index contributed by atoms with van der Waals surface area (Å²) in [7, 11) is 1.73. The van der Waals surface area contributed by atoms with E-state index in [1.54, 1.807) is 7.11 Å². The molecule has 1 aromatic rings. The van der Waals surface area contributed by atoms with Gasteiger partial charge in [-0.05, 0) is 17.0 Å². The molecule has 0 aliphatic heterocycles. The molecular formula is C11H16O. The normalized spacial score (nSPS) is 10.7. The van der Waals surface area contributed by atoms with Crippen LogP contribution in [0.4, 0.5) is 0 Å². The zero-order valence-electron chi connectivity index (χ0n) is 8.00. The van der Waals surface area contributed by atoms with E-state index >= 15 is 0 Å². The molecule has 0 radical (unpaired) electrons. The lowest BCUT2D eigenvalue weighted by molar-refractivity contribution is 0.184. The Hall–Kier alpha value is -0.820. The molecule has 0 amide bonds. The second kappa shape index (κ2) is 4.27. The monoisotopic (exact) mass is 164 g/mol. The van der Waals surface area contributed by atoms with E-state index in [1.807, 2.05) is 0 Å². The Balaban J connectivity index is 2.92. The van der Waals surface area contributed by atoms with Crippen LogP contribution >= 0.6 is 0 Å². The van der Waals surface area contributed by atoms with Crippen LogP contribution in [0.25, 0.3) is 0 Å². The number of hydrogen-bond acceptors (Lipinski definition) is 1. The predicted octanol–water partition coefficient (Wildman–Crippen LogP) is 2.96. The molecule has 1 nitrogen and oxygen atoms in total. The number of hydrogen-bond donors (Lipinski definition) is 0. The van der Waals surface area contributed by atoms with Crippen LogP contribution in [0.5, 0.6) is 0 Å². The molecule has 0 aliphatic carbocycles. The minimum absolute atomic E-state index is 0.580. The van der Waals surface area contributed by atoms with E-state index in [-0.39, 0.29) is 0 Å². The first-order valence-electron chi connectivity index (χ1n) is 4.32. The smallest absolute Gasteiger partial charge is 0.0715 e. The van der Waals surface area contributed by atoms with Gasteiger partial charge in [0.25, 0.3) is 0 Å². The molecule has 0 unspecified atom stereocenters. The standard InChI is InChI=1S/C11H16O/c1-9(2)11-7-5-4-6-10(11)8-12-3/h4-7,9H,8H2,1-3H3. The van der Waals surface area contributed by atoms with Gasteiger partial charge < -0.3 is 4.74 Å². The van der Waals surface area contributed by atoms with E-state index in [9.17, 15) is 0 Å². The molecule has 0 aromatic heterocycles. The van der Waals surface area contributed by atoms with Crippen molar-refractivity contribution in [3.63, 3.8) is 0 Å². The zero-order valence-corrected chi connectivity index (χ0v) is 8.00. The Morgan fingerprint density at radius 3 is 2.50 bits per heavy atom. The zero-order chi connectivity index (χ0) is 8.97. The van der Waals surface area contributed by atoms with Gasteiger partial charge in [-0.1, -0.05) is 38.1 Å². The van der Waals surface area contributed by atoms with Crippen molar-refractivity contribution in [2.45, 2.75) is 26.4 Å². The number of ether oxygens (including phenoxy) is 1. The van der Waals surface area contributed by atoms with Crippen molar-refractivity contribution in [1.29, 1.82) is 0 Å². The van der Waals surface area contributed by atoms with Gasteiger partial charge in [-0.25, -0.2) is 0 Å². The highest BCUT2D eigenvalue weighted by atomic mass is 16.5. The van der Waals surface area contributed by atoms with Crippen molar-refractivity contribution in [3.8, 4) is 0 Å². The van der Waals surface area contributed by atoms with Crippen LogP contribution in [-0.2, 0) is 11.3 Å². The molecule has 0 atom stereocenters. The quantitative estimate of drug-likeness (QED) is 0.667. The molecule has 1 rings (SSSR count). The maximum atomic E-state index is 5.12. The second-order valence-electron chi connectivity index (χ2n) is 3.29. The minimum atomic E-state index is 0.580. The highest BCUT2D eigenvalue weighted by Gasteiger charge is 2.03. The van der Waals surface area contributed by atoms with Crippen molar-refractivity contribution >= 4 is 0 Å². The summed E-state index contributed by atoms with van der Waals surface area (Å²) < 4.78 is 5.12. The molecule has 0 heterocycles. The number of rotatable bonds is 3. The minimum Gasteiger partial charge on any atom is -0.380 e. The summed E-state index contributed by atoms with van der Waals surface area (Å²) in [6, 6.07) is 8.42. The third kappa shape index (κ3) is 2.08. The number of benzene rings is 1. The van der Waals surface area contributed by atoms with Crippen molar-refractivity contribution in [2.24, 2.45) is 0 Å². The SMILES string of the molecule is COCc1ccccc1C(C)C. The Morgan fingerprint density at radius 1 is 1.25 bits per heavy atom. The molecule has 66 valence electrons. The largest absolute Gasteiger partial charge is 0.380 e. The van der Waals surface area contributed by atoms with E-state index in [4.69, 9.17) is 4.74 Å². The lowest BCUT2D eigenvalue weighted by Crippen LogP contribution is -1.96. The van der Waals surface area contributed by atoms with Crippen molar-refractivity contribution in [1.82, 2.24) is 0 Å². The summed E-state index contributed by atoms with van der Waals surface area (Å²) in [5.74, 6) is 0.580. The molecule has 0 fully saturated rings. The fraction of sp³-hybridized carbons (Fsp3) is 0.455. The summed E-state index contributed by atoms with van der Waals surface area (Å²) >= 11 is 0. The van der Waals surface area contributed by atoms with E-state index < -0.39 is 0 Å². The Labute approximate surface area is 74.4 Å². The lowest BCUT2D eigenvalue weighted by Gasteiger charge is -2.11. The number of methoxy groups -OCH3 is 1. The molecule has 0 saturated carbocycles. The van der Waals surface area contributed by atoms with Gasteiger partial charge in [0, 0.05) is 7.11 Å². The van der Waals surface area contributed by atoms with Gasteiger partial charge in [0.2, 0.25) is 0 Å². The first kappa shape index (κ1) is 9.27. The molecule has 1 heteroatoms. The first-order chi connectivity index (χ1) is 5.75. The lowest BCUT2D eigenvalue weighted by atomic mass is 9.98. The fourth-order valence-electron chi connectivity index (χ4n) is 1.38. The third-order valence-electron chi connectivity index (χ3n) is 1.98. The van der Waals surface area contributed by atoms with Gasteiger partial charge in [-0.3, -0.25) is 0 Å². The van der Waals surface area contributed by atoms with E-state index in [0.717, 1.165) is 0 Å². The third-order valence-corrected chi connectivity index (χ3v) is 1.98. The summed E-state index contributed by atoms with van der Waals surface area (Å²) in [4.78, 5) is 0. The molecule has 0 saturated heterocycles.